The van der Waals surface area contributed by atoms with Gasteiger partial charge in [0.15, 0.2) is 0 Å². The summed E-state index contributed by atoms with van der Waals surface area (Å²) in [5.41, 5.74) is 7.42. The summed E-state index contributed by atoms with van der Waals surface area (Å²) < 4.78 is 0. The number of carbonyl (C=O) groups is 1. The van der Waals surface area contributed by atoms with E-state index in [0.717, 1.165) is 30.5 Å². The van der Waals surface area contributed by atoms with Crippen molar-refractivity contribution in [3.63, 3.8) is 0 Å². The minimum Gasteiger partial charge on any atom is -0.389 e. The third-order valence-corrected chi connectivity index (χ3v) is 3.95. The molecule has 0 radical (unpaired) electrons. The van der Waals surface area contributed by atoms with Crippen molar-refractivity contribution in [3.05, 3.63) is 35.4 Å². The summed E-state index contributed by atoms with van der Waals surface area (Å²) in [5, 5.41) is 0. The maximum atomic E-state index is 12.3. The Kier molecular flexibility index (Phi) is 4.53. The first-order valence-electron chi connectivity index (χ1n) is 6.76. The van der Waals surface area contributed by atoms with Crippen molar-refractivity contribution in [2.24, 2.45) is 5.73 Å². The van der Waals surface area contributed by atoms with Crippen molar-refractivity contribution in [2.45, 2.75) is 38.6 Å². The molecule has 1 saturated heterocycles. The zero-order valence-corrected chi connectivity index (χ0v) is 12.1. The van der Waals surface area contributed by atoms with E-state index in [1.54, 1.807) is 0 Å². The van der Waals surface area contributed by atoms with Crippen LogP contribution in [0.4, 0.5) is 0 Å². The average molecular weight is 276 g/mol. The van der Waals surface area contributed by atoms with Gasteiger partial charge in [-0.25, -0.2) is 0 Å². The second-order valence-electron chi connectivity index (χ2n) is 5.17. The van der Waals surface area contributed by atoms with Crippen LogP contribution in [-0.2, 0) is 11.2 Å². The van der Waals surface area contributed by atoms with E-state index in [9.17, 15) is 4.79 Å². The highest BCUT2D eigenvalue weighted by Crippen LogP contribution is 2.18. The second-order valence-corrected chi connectivity index (χ2v) is 5.61. The van der Waals surface area contributed by atoms with Crippen LogP contribution in [0.25, 0.3) is 0 Å². The molecule has 0 saturated carbocycles. The highest BCUT2D eigenvalue weighted by Gasteiger charge is 2.22. The number of carbonyl (C=O) groups excluding carboxylic acids is 1. The summed E-state index contributed by atoms with van der Waals surface area (Å²) in [6.07, 6.45) is 3.93. The van der Waals surface area contributed by atoms with E-state index >= 15 is 0 Å². The molecule has 102 valence electrons. The lowest BCUT2D eigenvalue weighted by Crippen LogP contribution is -2.42. The first-order valence-corrected chi connectivity index (χ1v) is 7.17. The van der Waals surface area contributed by atoms with Gasteiger partial charge in [-0.15, -0.1) is 0 Å². The first kappa shape index (κ1) is 14.0. The number of hydrogen-bond donors (Lipinski definition) is 1. The van der Waals surface area contributed by atoms with Crippen LogP contribution in [-0.4, -0.2) is 28.4 Å². The molecule has 0 bridgehead atoms. The minimum atomic E-state index is 0.218. The van der Waals surface area contributed by atoms with Crippen LogP contribution in [0.1, 0.15) is 37.3 Å². The van der Waals surface area contributed by atoms with Crippen molar-refractivity contribution in [1.29, 1.82) is 0 Å². The number of thiocarbonyl (C=S) groups is 1. The van der Waals surface area contributed by atoms with Crippen LogP contribution in [0.15, 0.2) is 24.3 Å². The SMILES string of the molecule is CC1CCCCN1C(=O)Cc1ccc(C(N)=S)cc1. The van der Waals surface area contributed by atoms with Gasteiger partial charge in [0.2, 0.25) is 5.91 Å². The molecule has 2 N–H and O–H groups in total. The van der Waals surface area contributed by atoms with E-state index in [-0.39, 0.29) is 5.91 Å². The monoisotopic (exact) mass is 276 g/mol. The molecule has 3 nitrogen and oxygen atoms in total. The molecule has 1 aliphatic heterocycles. The van der Waals surface area contributed by atoms with Crippen molar-refractivity contribution < 1.29 is 4.79 Å². The van der Waals surface area contributed by atoms with E-state index in [0.29, 0.717) is 17.5 Å². The zero-order chi connectivity index (χ0) is 13.8. The van der Waals surface area contributed by atoms with Gasteiger partial charge in [0, 0.05) is 18.2 Å². The van der Waals surface area contributed by atoms with Gasteiger partial charge in [0.1, 0.15) is 4.99 Å². The van der Waals surface area contributed by atoms with Gasteiger partial charge < -0.3 is 10.6 Å². The number of rotatable bonds is 3. The summed E-state index contributed by atoms with van der Waals surface area (Å²) in [6, 6.07) is 7.99. The summed E-state index contributed by atoms with van der Waals surface area (Å²) in [7, 11) is 0. The van der Waals surface area contributed by atoms with E-state index in [4.69, 9.17) is 18.0 Å². The molecule has 1 aromatic carbocycles. The molecule has 1 atom stereocenters. The number of nitrogens with zero attached hydrogens (tertiary/aromatic N) is 1. The maximum Gasteiger partial charge on any atom is 0.227 e. The fraction of sp³-hybridized carbons (Fsp3) is 0.467. The highest BCUT2D eigenvalue weighted by molar-refractivity contribution is 7.80. The third-order valence-electron chi connectivity index (χ3n) is 3.72. The number of likely N-dealkylation sites (tertiary alicyclic amines) is 1. The average Bonchev–Trinajstić information content (AvgIpc) is 2.39. The molecule has 19 heavy (non-hydrogen) atoms. The second kappa shape index (κ2) is 6.15. The highest BCUT2D eigenvalue weighted by atomic mass is 32.1. The molecular formula is C15H20N2OS. The van der Waals surface area contributed by atoms with Gasteiger partial charge in [0.05, 0.1) is 6.42 Å². The van der Waals surface area contributed by atoms with Gasteiger partial charge >= 0.3 is 0 Å². The number of nitrogens with two attached hydrogens (primary N) is 1. The molecule has 4 heteroatoms. The Morgan fingerprint density at radius 1 is 1.37 bits per heavy atom. The van der Waals surface area contributed by atoms with Crippen LogP contribution in [0, 0.1) is 0 Å². The predicted molar refractivity (Wildman–Crippen MR) is 81.1 cm³/mol. The van der Waals surface area contributed by atoms with Crippen molar-refractivity contribution in [3.8, 4) is 0 Å². The smallest absolute Gasteiger partial charge is 0.227 e. The molecule has 1 aromatic rings. The van der Waals surface area contributed by atoms with Crippen LogP contribution in [0.2, 0.25) is 0 Å². The van der Waals surface area contributed by atoms with Crippen LogP contribution >= 0.6 is 12.2 Å². The Morgan fingerprint density at radius 3 is 2.63 bits per heavy atom. The van der Waals surface area contributed by atoms with Crippen LogP contribution in [0.3, 0.4) is 0 Å². The van der Waals surface area contributed by atoms with Crippen LogP contribution < -0.4 is 5.73 Å². The normalized spacial score (nSPS) is 19.2. The minimum absolute atomic E-state index is 0.218. The van der Waals surface area contributed by atoms with Crippen molar-refractivity contribution in [1.82, 2.24) is 4.90 Å². The summed E-state index contributed by atoms with van der Waals surface area (Å²) in [6.45, 7) is 3.03. The molecule has 1 fully saturated rings. The quantitative estimate of drug-likeness (QED) is 0.861. The van der Waals surface area contributed by atoms with Gasteiger partial charge in [-0.05, 0) is 31.7 Å². The number of hydrogen-bond acceptors (Lipinski definition) is 2. The lowest BCUT2D eigenvalue weighted by atomic mass is 10.0. The summed E-state index contributed by atoms with van der Waals surface area (Å²) >= 11 is 4.91. The number of piperidine rings is 1. The molecule has 2 rings (SSSR count). The topological polar surface area (TPSA) is 46.3 Å². The van der Waals surface area contributed by atoms with Crippen molar-refractivity contribution >= 4 is 23.1 Å². The Hall–Kier alpha value is -1.42. The Morgan fingerprint density at radius 2 is 2.05 bits per heavy atom. The maximum absolute atomic E-state index is 12.3. The zero-order valence-electron chi connectivity index (χ0n) is 11.3. The third kappa shape index (κ3) is 3.53. The molecule has 0 aliphatic carbocycles. The van der Waals surface area contributed by atoms with Crippen LogP contribution in [0.5, 0.6) is 0 Å². The van der Waals surface area contributed by atoms with Gasteiger partial charge in [-0.2, -0.15) is 0 Å². The largest absolute Gasteiger partial charge is 0.389 e. The van der Waals surface area contributed by atoms with E-state index in [1.807, 2.05) is 29.2 Å². The lowest BCUT2D eigenvalue weighted by Gasteiger charge is -2.33. The first-order chi connectivity index (χ1) is 9.08. The van der Waals surface area contributed by atoms with Gasteiger partial charge in [-0.3, -0.25) is 4.79 Å². The molecule has 0 spiro atoms. The molecule has 1 amide bonds. The van der Waals surface area contributed by atoms with Gasteiger partial charge in [-0.1, -0.05) is 36.5 Å². The van der Waals surface area contributed by atoms with E-state index in [2.05, 4.69) is 6.92 Å². The number of amides is 1. The Labute approximate surface area is 119 Å². The fourth-order valence-electron chi connectivity index (χ4n) is 2.53. The Bertz CT molecular complexity index is 470. The molecule has 0 aromatic heterocycles. The fourth-order valence-corrected chi connectivity index (χ4v) is 2.67. The van der Waals surface area contributed by atoms with Gasteiger partial charge in [0.25, 0.3) is 0 Å². The van der Waals surface area contributed by atoms with E-state index < -0.39 is 0 Å². The Balaban J connectivity index is 2.00. The summed E-state index contributed by atoms with van der Waals surface area (Å²) in [5.74, 6) is 0.218. The molecular weight excluding hydrogens is 256 g/mol. The standard InChI is InChI=1S/C15H20N2OS/c1-11-4-2-3-9-17(11)14(18)10-12-5-7-13(8-6-12)15(16)19/h5-8,11H,2-4,9-10H2,1H3,(H2,16,19). The molecule has 1 aliphatic rings. The number of benzene rings is 1. The summed E-state index contributed by atoms with van der Waals surface area (Å²) in [4.78, 5) is 14.7. The lowest BCUT2D eigenvalue weighted by molar-refractivity contribution is -0.133. The van der Waals surface area contributed by atoms with E-state index in [1.165, 1.54) is 6.42 Å². The molecule has 1 unspecified atom stereocenters. The molecule has 1 heterocycles. The van der Waals surface area contributed by atoms with Crippen molar-refractivity contribution in [2.75, 3.05) is 6.54 Å². The predicted octanol–water partition coefficient (Wildman–Crippen LogP) is 2.26.